The van der Waals surface area contributed by atoms with E-state index in [9.17, 15) is 0 Å². The van der Waals surface area contributed by atoms with Crippen LogP contribution < -0.4 is 0 Å². The summed E-state index contributed by atoms with van der Waals surface area (Å²) in [6.45, 7) is 2.35. The van der Waals surface area contributed by atoms with E-state index in [-0.39, 0.29) is 5.60 Å². The van der Waals surface area contributed by atoms with Crippen molar-refractivity contribution >= 4 is 11.6 Å². The van der Waals surface area contributed by atoms with E-state index in [1.165, 1.54) is 63.6 Å². The molecular weight excluding hydrogens is 308 g/mol. The van der Waals surface area contributed by atoms with Gasteiger partial charge in [0.05, 0.1) is 0 Å². The van der Waals surface area contributed by atoms with E-state index >= 15 is 0 Å². The van der Waals surface area contributed by atoms with Crippen molar-refractivity contribution in [3.63, 3.8) is 0 Å². The number of nitrogens with zero attached hydrogens (tertiary/aromatic N) is 2. The number of likely N-dealkylation sites (tertiary alicyclic amines) is 1. The first kappa shape index (κ1) is 15.9. The molecule has 2 heterocycles. The van der Waals surface area contributed by atoms with Gasteiger partial charge < -0.3 is 4.74 Å². The first-order valence-corrected chi connectivity index (χ1v) is 9.53. The highest BCUT2D eigenvalue weighted by Gasteiger charge is 2.54. The summed E-state index contributed by atoms with van der Waals surface area (Å²) in [5.41, 5.74) is 1.07. The van der Waals surface area contributed by atoms with Crippen LogP contribution in [0.3, 0.4) is 0 Å². The summed E-state index contributed by atoms with van der Waals surface area (Å²) >= 11 is 6.19. The average Bonchev–Trinajstić information content (AvgIpc) is 3.07. The fourth-order valence-electron chi connectivity index (χ4n) is 5.60. The SMILES string of the molecule is COC1(c2ccnc(Cl)c2)[C@@H]2CCC[C@H]1CN(C1CCCC1)C2. The second-order valence-corrected chi connectivity index (χ2v) is 7.97. The van der Waals surface area contributed by atoms with Crippen molar-refractivity contribution in [3.05, 3.63) is 29.0 Å². The number of hydrogen-bond donors (Lipinski definition) is 0. The van der Waals surface area contributed by atoms with Gasteiger partial charge in [-0.1, -0.05) is 30.9 Å². The molecule has 1 saturated heterocycles. The molecule has 1 aliphatic heterocycles. The second kappa shape index (κ2) is 6.34. The van der Waals surface area contributed by atoms with Crippen LogP contribution in [0.25, 0.3) is 0 Å². The summed E-state index contributed by atoms with van der Waals surface area (Å²) in [6.07, 6.45) is 11.3. The molecule has 4 heteroatoms. The Morgan fingerprint density at radius 2 is 1.83 bits per heavy atom. The van der Waals surface area contributed by atoms with Gasteiger partial charge in [-0.15, -0.1) is 0 Å². The van der Waals surface area contributed by atoms with Gasteiger partial charge in [-0.25, -0.2) is 4.98 Å². The van der Waals surface area contributed by atoms with E-state index in [2.05, 4.69) is 16.0 Å². The summed E-state index contributed by atoms with van der Waals surface area (Å²) in [4.78, 5) is 6.95. The minimum absolute atomic E-state index is 0.167. The average molecular weight is 335 g/mol. The zero-order valence-corrected chi connectivity index (χ0v) is 14.8. The van der Waals surface area contributed by atoms with Crippen molar-refractivity contribution < 1.29 is 4.74 Å². The standard InChI is InChI=1S/C19H27ClN2O/c1-23-19(14-9-10-21-18(20)11-14)15-5-4-6-16(19)13-22(12-15)17-7-2-3-8-17/h9-11,15-17H,2-8,12-13H2,1H3/t15-,16+,19?. The third-order valence-electron chi connectivity index (χ3n) is 6.58. The highest BCUT2D eigenvalue weighted by molar-refractivity contribution is 6.29. The molecule has 0 radical (unpaired) electrons. The lowest BCUT2D eigenvalue weighted by Gasteiger charge is -2.56. The Labute approximate surface area is 144 Å². The minimum atomic E-state index is -0.167. The molecule has 0 spiro atoms. The highest BCUT2D eigenvalue weighted by Crippen LogP contribution is 2.52. The van der Waals surface area contributed by atoms with Gasteiger partial charge in [-0.3, -0.25) is 4.90 Å². The molecule has 1 aromatic heterocycles. The van der Waals surface area contributed by atoms with Crippen LogP contribution >= 0.6 is 11.6 Å². The van der Waals surface area contributed by atoms with Crippen molar-refractivity contribution in [1.29, 1.82) is 0 Å². The van der Waals surface area contributed by atoms with Gasteiger partial charge in [0.15, 0.2) is 0 Å². The number of ether oxygens (including phenoxy) is 1. The van der Waals surface area contributed by atoms with Gasteiger partial charge in [0.1, 0.15) is 10.8 Å². The molecule has 2 bridgehead atoms. The molecule has 23 heavy (non-hydrogen) atoms. The first-order valence-electron chi connectivity index (χ1n) is 9.15. The van der Waals surface area contributed by atoms with Gasteiger partial charge in [-0.2, -0.15) is 0 Å². The van der Waals surface area contributed by atoms with Crippen molar-refractivity contribution in [2.24, 2.45) is 11.8 Å². The van der Waals surface area contributed by atoms with E-state index < -0.39 is 0 Å². The van der Waals surface area contributed by atoms with Crippen molar-refractivity contribution in [2.45, 2.75) is 56.6 Å². The van der Waals surface area contributed by atoms with E-state index in [1.807, 2.05) is 19.4 Å². The van der Waals surface area contributed by atoms with Gasteiger partial charge in [0.25, 0.3) is 0 Å². The Hall–Kier alpha value is -0.640. The third-order valence-corrected chi connectivity index (χ3v) is 6.79. The molecule has 2 saturated carbocycles. The van der Waals surface area contributed by atoms with Crippen LogP contribution in [0.5, 0.6) is 0 Å². The quantitative estimate of drug-likeness (QED) is 0.773. The number of halogens is 1. The number of hydrogen-bond acceptors (Lipinski definition) is 3. The maximum atomic E-state index is 6.28. The lowest BCUT2D eigenvalue weighted by molar-refractivity contribution is -0.174. The second-order valence-electron chi connectivity index (χ2n) is 7.58. The summed E-state index contributed by atoms with van der Waals surface area (Å²) in [6, 6.07) is 4.96. The van der Waals surface area contributed by atoms with Crippen LogP contribution in [0.2, 0.25) is 5.15 Å². The molecule has 1 aromatic rings. The smallest absolute Gasteiger partial charge is 0.129 e. The molecule has 126 valence electrons. The first-order chi connectivity index (χ1) is 11.2. The number of aromatic nitrogens is 1. The van der Waals surface area contributed by atoms with Crippen LogP contribution in [-0.4, -0.2) is 36.1 Å². The van der Waals surface area contributed by atoms with Crippen molar-refractivity contribution in [1.82, 2.24) is 9.88 Å². The lowest BCUT2D eigenvalue weighted by Crippen LogP contribution is -2.60. The number of fused-ring (bicyclic) bond motifs is 2. The normalized spacial score (nSPS) is 35.6. The molecule has 2 aliphatic carbocycles. The summed E-state index contributed by atoms with van der Waals surface area (Å²) in [5.74, 6) is 1.14. The molecule has 3 nitrogen and oxygen atoms in total. The summed E-state index contributed by atoms with van der Waals surface area (Å²) < 4.78 is 6.28. The number of piperidine rings is 1. The largest absolute Gasteiger partial charge is 0.373 e. The van der Waals surface area contributed by atoms with Crippen LogP contribution in [0.4, 0.5) is 0 Å². The van der Waals surface area contributed by atoms with E-state index in [0.717, 1.165) is 6.04 Å². The molecule has 0 N–H and O–H groups in total. The predicted octanol–water partition coefficient (Wildman–Crippen LogP) is 4.25. The van der Waals surface area contributed by atoms with E-state index in [1.54, 1.807) is 0 Å². The van der Waals surface area contributed by atoms with Gasteiger partial charge in [-0.05, 0) is 43.4 Å². The predicted molar refractivity (Wildman–Crippen MR) is 92.6 cm³/mol. The van der Waals surface area contributed by atoms with Gasteiger partial charge in [0.2, 0.25) is 0 Å². The molecule has 3 atom stereocenters. The maximum absolute atomic E-state index is 6.28. The molecular formula is C19H27ClN2O. The lowest BCUT2D eigenvalue weighted by atomic mass is 9.62. The van der Waals surface area contributed by atoms with Gasteiger partial charge >= 0.3 is 0 Å². The van der Waals surface area contributed by atoms with Crippen LogP contribution in [0, 0.1) is 11.8 Å². The Balaban J connectivity index is 1.67. The van der Waals surface area contributed by atoms with Crippen molar-refractivity contribution in [2.75, 3.05) is 20.2 Å². The highest BCUT2D eigenvalue weighted by atomic mass is 35.5. The monoisotopic (exact) mass is 334 g/mol. The molecule has 0 aromatic carbocycles. The van der Waals surface area contributed by atoms with Crippen molar-refractivity contribution in [3.8, 4) is 0 Å². The maximum Gasteiger partial charge on any atom is 0.129 e. The summed E-state index contributed by atoms with van der Waals surface area (Å²) in [7, 11) is 1.89. The van der Waals surface area contributed by atoms with E-state index in [0.29, 0.717) is 17.0 Å². The minimum Gasteiger partial charge on any atom is -0.373 e. The zero-order chi connectivity index (χ0) is 15.9. The van der Waals surface area contributed by atoms with Gasteiger partial charge in [0, 0.05) is 44.3 Å². The Kier molecular flexibility index (Phi) is 4.38. The van der Waals surface area contributed by atoms with Crippen LogP contribution in [0.1, 0.15) is 50.5 Å². The number of rotatable bonds is 3. The molecule has 3 fully saturated rings. The number of pyridine rings is 1. The summed E-state index contributed by atoms with van der Waals surface area (Å²) in [5, 5.41) is 0.579. The van der Waals surface area contributed by atoms with E-state index in [4.69, 9.17) is 16.3 Å². The third kappa shape index (κ3) is 2.61. The van der Waals surface area contributed by atoms with Crippen LogP contribution in [0.15, 0.2) is 18.3 Å². The topological polar surface area (TPSA) is 25.4 Å². The Morgan fingerprint density at radius 3 is 2.43 bits per heavy atom. The fourth-order valence-corrected chi connectivity index (χ4v) is 5.78. The molecule has 1 unspecified atom stereocenters. The molecule has 4 rings (SSSR count). The Bertz CT molecular complexity index is 544. The zero-order valence-electron chi connectivity index (χ0n) is 14.0. The van der Waals surface area contributed by atoms with Crippen LogP contribution in [-0.2, 0) is 10.3 Å². The molecule has 0 amide bonds. The Morgan fingerprint density at radius 1 is 1.13 bits per heavy atom. The number of methoxy groups -OCH3 is 1. The molecule has 3 aliphatic rings. The fraction of sp³-hybridized carbons (Fsp3) is 0.737.